The maximum atomic E-state index is 13.7. The van der Waals surface area contributed by atoms with Gasteiger partial charge in [-0.25, -0.2) is 29.5 Å². The number of H-pyrrole nitrogens is 4. The van der Waals surface area contributed by atoms with E-state index in [4.69, 9.17) is 50.5 Å². The zero-order chi connectivity index (χ0) is 107. The number of amides is 6. The highest BCUT2D eigenvalue weighted by atomic mass is 16.6. The largest absolute Gasteiger partial charge is 0.444 e. The molecular weight excluding hydrogens is 1870 g/mol. The summed E-state index contributed by atoms with van der Waals surface area (Å²) in [6.45, 7) is 44.2. The molecule has 0 radical (unpaired) electrons. The lowest BCUT2D eigenvalue weighted by molar-refractivity contribution is 0.0129. The van der Waals surface area contributed by atoms with Gasteiger partial charge in [-0.1, -0.05) is 72.8 Å². The smallest absolute Gasteiger partial charge is 0.410 e. The van der Waals surface area contributed by atoms with E-state index in [-0.39, 0.29) is 53.9 Å². The third-order valence-corrected chi connectivity index (χ3v) is 31.2. The van der Waals surface area contributed by atoms with Crippen molar-refractivity contribution in [2.24, 2.45) is 0 Å². The molecule has 8 aliphatic rings. The number of hydrogen-bond acceptors (Lipinski definition) is 18. The van der Waals surface area contributed by atoms with E-state index in [2.05, 4.69) is 131 Å². The number of nitrogens with zero attached hydrogens (tertiary/aromatic N) is 14. The molecule has 12 heterocycles. The molecule has 4 aromatic heterocycles. The van der Waals surface area contributed by atoms with Crippen molar-refractivity contribution in [3.8, 4) is 69.8 Å². The van der Waals surface area contributed by atoms with Crippen LogP contribution in [-0.4, -0.2) is 194 Å². The van der Waals surface area contributed by atoms with Gasteiger partial charge in [-0.3, -0.25) is 29.0 Å². The fourth-order valence-electron chi connectivity index (χ4n) is 22.5. The molecule has 776 valence electrons. The molecule has 20 rings (SSSR count). The topological polar surface area (TPSA) is 374 Å². The Morgan fingerprint density at radius 2 is 0.647 bits per heavy atom. The van der Waals surface area contributed by atoms with E-state index in [0.717, 1.165) is 245 Å². The summed E-state index contributed by atoms with van der Waals surface area (Å²) < 4.78 is 11.2. The number of aromatic nitrogens is 8. The molecule has 28 nitrogen and oxygen atoms in total. The van der Waals surface area contributed by atoms with Gasteiger partial charge in [-0.15, -0.1) is 0 Å². The van der Waals surface area contributed by atoms with Crippen LogP contribution in [0.15, 0.2) is 146 Å². The lowest BCUT2D eigenvalue weighted by atomic mass is 9.88. The van der Waals surface area contributed by atoms with Crippen LogP contribution in [0.25, 0.3) is 45.6 Å². The molecule has 4 atom stereocenters. The van der Waals surface area contributed by atoms with Crippen LogP contribution in [0.1, 0.15) is 332 Å². The third-order valence-electron chi connectivity index (χ3n) is 31.2. The van der Waals surface area contributed by atoms with Crippen molar-refractivity contribution in [3.05, 3.63) is 302 Å². The Hall–Kier alpha value is -15.1. The number of imidazole rings is 4. The average Bonchev–Trinajstić information content (AvgIpc) is 1.64. The average molecular weight is 2010 g/mol. The first kappa shape index (κ1) is 106. The highest BCUT2D eigenvalue weighted by Crippen LogP contribution is 2.42. The van der Waals surface area contributed by atoms with Gasteiger partial charge in [0.2, 0.25) is 0 Å². The van der Waals surface area contributed by atoms with Crippen LogP contribution in [0.2, 0.25) is 0 Å². The molecule has 0 saturated carbocycles. The number of ether oxygens (including phenoxy) is 2. The zero-order valence-corrected chi connectivity index (χ0v) is 90.0. The first-order valence-electron chi connectivity index (χ1n) is 53.2. The predicted octanol–water partition coefficient (Wildman–Crippen LogP) is 22.1. The summed E-state index contributed by atoms with van der Waals surface area (Å²) in [5.74, 6) is 5.07. The first-order chi connectivity index (χ1) is 71.7. The number of piperidine rings is 4. The number of benzene rings is 8. The molecule has 6 amide bonds. The predicted molar refractivity (Wildman–Crippen MR) is 580 cm³/mol. The molecular formula is C122H140N20O8. The Bertz CT molecular complexity index is 7210. The van der Waals surface area contributed by atoms with E-state index >= 15 is 0 Å². The van der Waals surface area contributed by atoms with Crippen LogP contribution in [0.4, 0.5) is 9.59 Å². The van der Waals surface area contributed by atoms with Gasteiger partial charge in [0.05, 0.1) is 93.3 Å². The summed E-state index contributed by atoms with van der Waals surface area (Å²) in [7, 11) is 0. The Morgan fingerprint density at radius 1 is 0.347 bits per heavy atom. The van der Waals surface area contributed by atoms with E-state index in [1.54, 1.807) is 9.80 Å². The maximum absolute atomic E-state index is 13.7. The quantitative estimate of drug-likeness (QED) is 0.0661. The second-order valence-corrected chi connectivity index (χ2v) is 44.2. The number of fused-ring (bicyclic) bond motifs is 4. The molecule has 4 unspecified atom stereocenters. The Kier molecular flexibility index (Phi) is 32.0. The molecule has 150 heavy (non-hydrogen) atoms. The number of likely N-dealkylation sites (tertiary alicyclic amines) is 4. The summed E-state index contributed by atoms with van der Waals surface area (Å²) >= 11 is 0. The Labute approximate surface area is 881 Å². The summed E-state index contributed by atoms with van der Waals surface area (Å²) in [5, 5.41) is 43.1. The number of carbonyl (C=O) groups excluding carboxylic acids is 6. The molecule has 4 fully saturated rings. The van der Waals surface area contributed by atoms with Crippen LogP contribution in [0.5, 0.6) is 0 Å². The molecule has 0 aliphatic carbocycles. The number of aromatic amines is 4. The summed E-state index contributed by atoms with van der Waals surface area (Å²) in [6.07, 6.45) is 9.82. The van der Waals surface area contributed by atoms with Crippen LogP contribution in [-0.2, 0) is 48.2 Å². The minimum atomic E-state index is -0.561. The van der Waals surface area contributed by atoms with Gasteiger partial charge in [-0.2, -0.15) is 21.0 Å². The summed E-state index contributed by atoms with van der Waals surface area (Å²) in [4.78, 5) is 125. The van der Waals surface area contributed by atoms with Crippen molar-refractivity contribution in [1.82, 2.24) is 79.9 Å². The fraction of sp³-hybridized carbons (Fsp3) is 0.426. The van der Waals surface area contributed by atoms with Crippen LogP contribution in [0.3, 0.4) is 0 Å². The fourth-order valence-corrected chi connectivity index (χ4v) is 22.5. The molecule has 4 saturated heterocycles. The van der Waals surface area contributed by atoms with Gasteiger partial charge < -0.3 is 59.6 Å². The maximum Gasteiger partial charge on any atom is 0.410 e. The number of carbonyl (C=O) groups is 6. The van der Waals surface area contributed by atoms with Crippen LogP contribution >= 0.6 is 0 Å². The number of aryl methyl sites for hydroxylation is 8. The molecule has 6 N–H and O–H groups in total. The van der Waals surface area contributed by atoms with Gasteiger partial charge in [0.15, 0.2) is 0 Å². The van der Waals surface area contributed by atoms with Crippen molar-refractivity contribution >= 4 is 35.8 Å². The van der Waals surface area contributed by atoms with E-state index < -0.39 is 11.2 Å². The number of nitrogens with one attached hydrogen (secondary N) is 6. The molecule has 0 bridgehead atoms. The normalized spacial score (nSPS) is 18.0. The molecule has 12 aromatic rings. The lowest BCUT2D eigenvalue weighted by Gasteiger charge is -2.34. The van der Waals surface area contributed by atoms with E-state index in [1.165, 1.54) is 27.9 Å². The van der Waals surface area contributed by atoms with Crippen molar-refractivity contribution < 1.29 is 38.2 Å². The van der Waals surface area contributed by atoms with E-state index in [0.29, 0.717) is 115 Å². The van der Waals surface area contributed by atoms with Gasteiger partial charge in [-0.05, 0) is 339 Å². The first-order valence-corrected chi connectivity index (χ1v) is 53.2. The molecule has 8 aromatic carbocycles. The van der Waals surface area contributed by atoms with E-state index in [1.807, 2.05) is 214 Å². The highest BCUT2D eigenvalue weighted by molar-refractivity contribution is 6.00. The molecule has 8 aliphatic heterocycles. The second kappa shape index (κ2) is 45.1. The van der Waals surface area contributed by atoms with Gasteiger partial charge in [0.1, 0.15) is 34.5 Å². The highest BCUT2D eigenvalue weighted by Gasteiger charge is 2.39. The number of rotatable bonds is 12. The van der Waals surface area contributed by atoms with Crippen LogP contribution in [0, 0.1) is 101 Å². The monoisotopic (exact) mass is 2010 g/mol. The molecule has 0 spiro atoms. The van der Waals surface area contributed by atoms with Gasteiger partial charge >= 0.3 is 12.2 Å². The minimum absolute atomic E-state index is 0.0306. The number of hydrogen-bond donors (Lipinski definition) is 6. The standard InChI is InChI=1S/2C33H39N5O3.2C28H31N5O/c1-20-17-21(2)27(31(39)37-14-11-25(12-15-37)24-9-7-23(19-34)8-10-24)18-26(20)30-35-28-13-16-38(22(3)29(28)36-30)32(40)41-33(4,5)6;1-20-15-21(2)27(31(39)37-13-11-25(12-14-37)24-9-7-23(18-34)8-10-24)17-26(20)30-35-28-16-22(3)38(19-29(28)36-30)32(40)41-33(4,5)6;1-17-14-18(2)24(15-23(17)27-31-25-8-11-30-19(3)26(25)32-27)28(34)33-12-9-22(10-13-33)21-6-4-20(16-29)5-7-21;1-17-12-18(2)24(14-23(17)27-31-25-13-19(3)30-16-26(25)32-27)28(34)33-10-8-22(9-11-33)21-6-4-20(15-29)5-7-21/h7-10,17-18,22,25H,11-16H2,1-6H3,(H,35,36);7-10,15,17,22,25H,11-14,16,19H2,1-6H3,(H,35,36);4-7,14-15,19,22,30H,8-13H2,1-3H3,(H,31,32);4-7,12,14,19,22,30H,8-11,13,16H2,1-3H3,(H,31,32). The number of nitriles is 4. The Balaban J connectivity index is 0.000000137. The summed E-state index contributed by atoms with van der Waals surface area (Å²) in [6, 6.07) is 56.8. The zero-order valence-electron chi connectivity index (χ0n) is 90.0. The minimum Gasteiger partial charge on any atom is -0.444 e. The summed E-state index contributed by atoms with van der Waals surface area (Å²) in [5.41, 5.74) is 29.8. The lowest BCUT2D eigenvalue weighted by Crippen LogP contribution is -2.45. The molecule has 28 heteroatoms. The third kappa shape index (κ3) is 23.9. The van der Waals surface area contributed by atoms with Crippen molar-refractivity contribution in [1.29, 1.82) is 21.0 Å². The van der Waals surface area contributed by atoms with Crippen molar-refractivity contribution in [3.63, 3.8) is 0 Å². The van der Waals surface area contributed by atoms with Crippen LogP contribution < -0.4 is 10.6 Å². The van der Waals surface area contributed by atoms with Crippen molar-refractivity contribution in [2.45, 2.75) is 274 Å². The SMILES string of the molecule is Cc1cc(C)c(-c2nc3c([nH]2)CCN(C(=O)OC(C)(C)C)C3C)cc1C(=O)N1CCC(c2ccc(C#N)cc2)CC1.Cc1cc(C)c(-c2nc3c([nH]2)CCNC3C)cc1C(=O)N1CCC(c2ccc(C#N)cc2)CC1.Cc1cc(C)c(-c2nc3c([nH]2)CN(C(=O)OC(C)(C)C)C(C)C3)cc1C(=O)N1CCC(c2ccc(C#N)cc2)CC1.Cc1cc(C)c(-c2nc3c([nH]2)CNC(C)C3)cc1C(=O)N1CCC(c2ccc(C#N)cc2)CC1. The second-order valence-electron chi connectivity index (χ2n) is 44.2. The Morgan fingerprint density at radius 3 is 0.973 bits per heavy atom. The van der Waals surface area contributed by atoms with Gasteiger partial charge in [0, 0.05) is 172 Å². The van der Waals surface area contributed by atoms with E-state index in [9.17, 15) is 28.8 Å². The van der Waals surface area contributed by atoms with Gasteiger partial charge in [0.25, 0.3) is 23.6 Å². The van der Waals surface area contributed by atoms with Crippen molar-refractivity contribution in [2.75, 3.05) is 65.4 Å².